The third-order valence-corrected chi connectivity index (χ3v) is 4.76. The second-order valence-electron chi connectivity index (χ2n) is 6.59. The van der Waals surface area contributed by atoms with Crippen molar-refractivity contribution in [1.29, 1.82) is 0 Å². The molecule has 0 spiro atoms. The van der Waals surface area contributed by atoms with Crippen molar-refractivity contribution in [2.45, 2.75) is 26.2 Å². The van der Waals surface area contributed by atoms with Gasteiger partial charge in [0.25, 0.3) is 5.91 Å². The molecule has 0 bridgehead atoms. The van der Waals surface area contributed by atoms with Crippen LogP contribution in [0.15, 0.2) is 42.5 Å². The van der Waals surface area contributed by atoms with Crippen molar-refractivity contribution >= 4 is 29.1 Å². The maximum Gasteiger partial charge on any atom is 0.251 e. The smallest absolute Gasteiger partial charge is 0.251 e. The number of amides is 2. The summed E-state index contributed by atoms with van der Waals surface area (Å²) in [6.45, 7) is 3.69. The van der Waals surface area contributed by atoms with E-state index in [1.54, 1.807) is 23.1 Å². The zero-order valence-corrected chi connectivity index (χ0v) is 16.1. The molecule has 2 amide bonds. The Morgan fingerprint density at radius 1 is 1.26 bits per heavy atom. The highest BCUT2D eigenvalue weighted by molar-refractivity contribution is 6.34. The van der Waals surface area contributed by atoms with Crippen molar-refractivity contribution in [3.63, 3.8) is 0 Å². The van der Waals surface area contributed by atoms with Crippen molar-refractivity contribution in [3.8, 4) is 5.75 Å². The quantitative estimate of drug-likeness (QED) is 0.732. The minimum absolute atomic E-state index is 0.0442. The third-order valence-electron chi connectivity index (χ3n) is 4.44. The fraction of sp³-hybridized carbons (Fsp3) is 0.333. The van der Waals surface area contributed by atoms with Gasteiger partial charge < -0.3 is 15.0 Å². The molecule has 3 rings (SSSR count). The summed E-state index contributed by atoms with van der Waals surface area (Å²) >= 11 is 6.22. The van der Waals surface area contributed by atoms with Gasteiger partial charge in [-0.1, -0.05) is 23.7 Å². The highest BCUT2D eigenvalue weighted by Gasteiger charge is 2.24. The third kappa shape index (κ3) is 5.01. The number of rotatable bonds is 7. The van der Waals surface area contributed by atoms with E-state index in [4.69, 9.17) is 16.3 Å². The van der Waals surface area contributed by atoms with Crippen LogP contribution in [0.1, 0.15) is 35.2 Å². The Hall–Kier alpha value is -2.53. The number of carbonyl (C=O) groups excluding carboxylic acids is 2. The van der Waals surface area contributed by atoms with Crippen molar-refractivity contribution in [2.75, 3.05) is 24.6 Å². The number of hydrogen-bond acceptors (Lipinski definition) is 3. The van der Waals surface area contributed by atoms with E-state index in [-0.39, 0.29) is 11.8 Å². The number of halogens is 1. The summed E-state index contributed by atoms with van der Waals surface area (Å²) < 4.78 is 5.68. The van der Waals surface area contributed by atoms with Crippen molar-refractivity contribution in [3.05, 3.63) is 58.6 Å². The monoisotopic (exact) mass is 386 g/mol. The lowest BCUT2D eigenvalue weighted by Crippen LogP contribution is -2.27. The van der Waals surface area contributed by atoms with Crippen LogP contribution in [-0.2, 0) is 4.79 Å². The normalized spacial score (nSPS) is 13.7. The van der Waals surface area contributed by atoms with Crippen molar-refractivity contribution < 1.29 is 14.3 Å². The second-order valence-corrected chi connectivity index (χ2v) is 7.00. The molecule has 1 saturated heterocycles. The number of nitrogens with zero attached hydrogens (tertiary/aromatic N) is 1. The molecule has 1 N–H and O–H groups in total. The SMILES string of the molecule is Cc1cccc(OCCCNC(=O)c2ccc(Cl)c(N3CCCC3=O)c2)c1. The van der Waals surface area contributed by atoms with E-state index in [1.165, 1.54) is 0 Å². The molecule has 0 aromatic heterocycles. The van der Waals surface area contributed by atoms with Gasteiger partial charge in [0.05, 0.1) is 17.3 Å². The van der Waals surface area contributed by atoms with Crippen LogP contribution in [0, 0.1) is 6.92 Å². The summed E-state index contributed by atoms with van der Waals surface area (Å²) in [7, 11) is 0. The van der Waals surface area contributed by atoms with Crippen LogP contribution in [0.3, 0.4) is 0 Å². The summed E-state index contributed by atoms with van der Waals surface area (Å²) in [5, 5.41) is 3.36. The Balaban J connectivity index is 1.50. The molecule has 0 aliphatic carbocycles. The van der Waals surface area contributed by atoms with Gasteiger partial charge in [-0.3, -0.25) is 9.59 Å². The van der Waals surface area contributed by atoms with Crippen LogP contribution in [0.2, 0.25) is 5.02 Å². The summed E-state index contributed by atoms with van der Waals surface area (Å²) in [5.41, 5.74) is 2.25. The average molecular weight is 387 g/mol. The van der Waals surface area contributed by atoms with Gasteiger partial charge in [0.15, 0.2) is 0 Å². The van der Waals surface area contributed by atoms with E-state index in [1.807, 2.05) is 31.2 Å². The molecule has 0 radical (unpaired) electrons. The molecule has 142 valence electrons. The fourth-order valence-corrected chi connectivity index (χ4v) is 3.25. The molecule has 0 saturated carbocycles. The second kappa shape index (κ2) is 8.91. The van der Waals surface area contributed by atoms with Crippen LogP contribution < -0.4 is 15.0 Å². The Labute approximate surface area is 164 Å². The van der Waals surface area contributed by atoms with Gasteiger partial charge in [-0.05, 0) is 55.7 Å². The maximum atomic E-state index is 12.4. The predicted molar refractivity (Wildman–Crippen MR) is 107 cm³/mol. The van der Waals surface area contributed by atoms with E-state index in [0.29, 0.717) is 48.8 Å². The molecule has 6 heteroatoms. The molecule has 1 aliphatic heterocycles. The van der Waals surface area contributed by atoms with E-state index >= 15 is 0 Å². The van der Waals surface area contributed by atoms with E-state index in [9.17, 15) is 9.59 Å². The summed E-state index contributed by atoms with van der Waals surface area (Å²) in [4.78, 5) is 26.0. The van der Waals surface area contributed by atoms with Crippen LogP contribution in [-0.4, -0.2) is 31.5 Å². The van der Waals surface area contributed by atoms with Gasteiger partial charge in [-0.2, -0.15) is 0 Å². The van der Waals surface area contributed by atoms with Crippen LogP contribution in [0.4, 0.5) is 5.69 Å². The summed E-state index contributed by atoms with van der Waals surface area (Å²) in [5.74, 6) is 0.692. The van der Waals surface area contributed by atoms with Gasteiger partial charge in [-0.15, -0.1) is 0 Å². The lowest BCUT2D eigenvalue weighted by Gasteiger charge is -2.18. The van der Waals surface area contributed by atoms with Gasteiger partial charge in [0, 0.05) is 25.1 Å². The lowest BCUT2D eigenvalue weighted by molar-refractivity contribution is -0.117. The molecule has 5 nitrogen and oxygen atoms in total. The predicted octanol–water partition coefficient (Wildman–Crippen LogP) is 3.97. The first kappa shape index (κ1) is 19.2. The van der Waals surface area contributed by atoms with Gasteiger partial charge in [-0.25, -0.2) is 0 Å². The fourth-order valence-electron chi connectivity index (χ4n) is 3.03. The Bertz CT molecular complexity index is 838. The van der Waals surface area contributed by atoms with Crippen LogP contribution >= 0.6 is 11.6 Å². The number of hydrogen-bond donors (Lipinski definition) is 1. The minimum atomic E-state index is -0.185. The first-order valence-corrected chi connectivity index (χ1v) is 9.50. The van der Waals surface area contributed by atoms with Crippen LogP contribution in [0.25, 0.3) is 0 Å². The van der Waals surface area contributed by atoms with E-state index in [0.717, 1.165) is 17.7 Å². The number of carbonyl (C=O) groups is 2. The zero-order valence-electron chi connectivity index (χ0n) is 15.3. The van der Waals surface area contributed by atoms with E-state index in [2.05, 4.69) is 5.32 Å². The first-order valence-electron chi connectivity index (χ1n) is 9.12. The Morgan fingerprint density at radius 3 is 2.85 bits per heavy atom. The van der Waals surface area contributed by atoms with E-state index < -0.39 is 0 Å². The Morgan fingerprint density at radius 2 is 2.11 bits per heavy atom. The molecular formula is C21H23ClN2O3. The molecule has 1 aliphatic rings. The maximum absolute atomic E-state index is 12.4. The molecular weight excluding hydrogens is 364 g/mol. The molecule has 1 fully saturated rings. The standard InChI is InChI=1S/C21H23ClN2O3/c1-15-5-2-6-17(13-15)27-12-4-10-23-21(26)16-8-9-18(22)19(14-16)24-11-3-7-20(24)25/h2,5-6,8-9,13-14H,3-4,7,10-12H2,1H3,(H,23,26). The summed E-state index contributed by atoms with van der Waals surface area (Å²) in [6.07, 6.45) is 2.03. The molecule has 2 aromatic carbocycles. The Kier molecular flexibility index (Phi) is 6.35. The summed E-state index contributed by atoms with van der Waals surface area (Å²) in [6, 6.07) is 12.9. The average Bonchev–Trinajstić information content (AvgIpc) is 3.07. The van der Waals surface area contributed by atoms with Gasteiger partial charge in [0.2, 0.25) is 5.91 Å². The minimum Gasteiger partial charge on any atom is -0.494 e. The molecule has 0 unspecified atom stereocenters. The van der Waals surface area contributed by atoms with Crippen molar-refractivity contribution in [2.24, 2.45) is 0 Å². The highest BCUT2D eigenvalue weighted by Crippen LogP contribution is 2.30. The number of benzene rings is 2. The first-order chi connectivity index (χ1) is 13.0. The number of aryl methyl sites for hydroxylation is 1. The largest absolute Gasteiger partial charge is 0.494 e. The molecule has 0 atom stereocenters. The number of nitrogens with one attached hydrogen (secondary N) is 1. The van der Waals surface area contributed by atoms with Gasteiger partial charge in [0.1, 0.15) is 5.75 Å². The number of anilines is 1. The zero-order chi connectivity index (χ0) is 19.2. The highest BCUT2D eigenvalue weighted by atomic mass is 35.5. The molecule has 27 heavy (non-hydrogen) atoms. The lowest BCUT2D eigenvalue weighted by atomic mass is 10.1. The topological polar surface area (TPSA) is 58.6 Å². The molecule has 2 aromatic rings. The van der Waals surface area contributed by atoms with Crippen molar-refractivity contribution in [1.82, 2.24) is 5.32 Å². The molecule has 1 heterocycles. The number of ether oxygens (including phenoxy) is 1. The van der Waals surface area contributed by atoms with Gasteiger partial charge >= 0.3 is 0 Å². The van der Waals surface area contributed by atoms with Crippen LogP contribution in [0.5, 0.6) is 5.75 Å².